The van der Waals surface area contributed by atoms with Crippen LogP contribution in [-0.2, 0) is 4.74 Å². The second-order valence-corrected chi connectivity index (χ2v) is 4.03. The third-order valence-electron chi connectivity index (χ3n) is 2.97. The van der Waals surface area contributed by atoms with Gasteiger partial charge < -0.3 is 15.8 Å². The zero-order chi connectivity index (χ0) is 11.5. The minimum atomic E-state index is -0.189. The van der Waals surface area contributed by atoms with E-state index in [0.29, 0.717) is 23.8 Å². The topological polar surface area (TPSA) is 93.0 Å². The maximum Gasteiger partial charge on any atom is 0.256 e. The smallest absolute Gasteiger partial charge is 0.256 e. The fourth-order valence-electron chi connectivity index (χ4n) is 1.84. The Morgan fingerprint density at radius 1 is 1.81 bits per heavy atom. The van der Waals surface area contributed by atoms with Gasteiger partial charge in [-0.3, -0.25) is 9.89 Å². The maximum atomic E-state index is 11.7. The second-order valence-electron chi connectivity index (χ2n) is 4.03. The van der Waals surface area contributed by atoms with E-state index in [4.69, 9.17) is 10.5 Å². The molecule has 1 aliphatic heterocycles. The molecule has 1 saturated heterocycles. The Balaban J connectivity index is 1.86. The summed E-state index contributed by atoms with van der Waals surface area (Å²) in [4.78, 5) is 11.7. The number of nitrogens with one attached hydrogen (secondary N) is 2. The minimum absolute atomic E-state index is 0.189. The largest absolute Gasteiger partial charge is 0.383 e. The van der Waals surface area contributed by atoms with E-state index >= 15 is 0 Å². The summed E-state index contributed by atoms with van der Waals surface area (Å²) in [5.41, 5.74) is 5.94. The quantitative estimate of drug-likeness (QED) is 0.681. The zero-order valence-corrected chi connectivity index (χ0v) is 9.19. The summed E-state index contributed by atoms with van der Waals surface area (Å²) >= 11 is 0. The third-order valence-corrected chi connectivity index (χ3v) is 2.97. The van der Waals surface area contributed by atoms with Crippen molar-refractivity contribution in [3.8, 4) is 0 Å². The number of carbonyl (C=O) groups is 1. The van der Waals surface area contributed by atoms with Gasteiger partial charge in [0.05, 0.1) is 12.3 Å². The molecule has 0 radical (unpaired) electrons. The molecule has 0 aliphatic carbocycles. The number of H-pyrrole nitrogens is 1. The molecular formula is C10H16N4O2. The molecule has 2 unspecified atom stereocenters. The van der Waals surface area contributed by atoms with E-state index in [1.165, 1.54) is 6.20 Å². The SMILES string of the molecule is CC1OCCC1CNC(=O)c1cn[nH]c1N. The van der Waals surface area contributed by atoms with Crippen molar-refractivity contribution in [1.82, 2.24) is 15.5 Å². The first-order chi connectivity index (χ1) is 7.68. The lowest BCUT2D eigenvalue weighted by Gasteiger charge is -2.14. The molecule has 2 heterocycles. The van der Waals surface area contributed by atoms with Gasteiger partial charge in [0.1, 0.15) is 11.4 Å². The number of ether oxygens (including phenoxy) is 1. The van der Waals surface area contributed by atoms with Crippen LogP contribution in [0.1, 0.15) is 23.7 Å². The van der Waals surface area contributed by atoms with E-state index in [-0.39, 0.29) is 12.0 Å². The summed E-state index contributed by atoms with van der Waals surface area (Å²) in [6.07, 6.45) is 2.63. The molecule has 1 aromatic rings. The lowest BCUT2D eigenvalue weighted by atomic mass is 10.0. The summed E-state index contributed by atoms with van der Waals surface area (Å²) in [6, 6.07) is 0. The Morgan fingerprint density at radius 3 is 3.19 bits per heavy atom. The number of aromatic amines is 1. The standard InChI is InChI=1S/C10H16N4O2/c1-6-7(2-3-16-6)4-12-10(15)8-5-13-14-9(8)11/h5-7H,2-4H2,1H3,(H,12,15)(H3,11,13,14). The number of hydrogen-bond acceptors (Lipinski definition) is 4. The normalized spacial score (nSPS) is 24.6. The van der Waals surface area contributed by atoms with Crippen molar-refractivity contribution in [2.45, 2.75) is 19.4 Å². The number of anilines is 1. The molecule has 1 fully saturated rings. The van der Waals surface area contributed by atoms with E-state index < -0.39 is 0 Å². The van der Waals surface area contributed by atoms with Crippen molar-refractivity contribution in [2.24, 2.45) is 5.92 Å². The minimum Gasteiger partial charge on any atom is -0.383 e. The highest BCUT2D eigenvalue weighted by Crippen LogP contribution is 2.19. The van der Waals surface area contributed by atoms with Crippen molar-refractivity contribution >= 4 is 11.7 Å². The van der Waals surface area contributed by atoms with Gasteiger partial charge in [-0.15, -0.1) is 0 Å². The molecule has 16 heavy (non-hydrogen) atoms. The molecule has 4 N–H and O–H groups in total. The highest BCUT2D eigenvalue weighted by Gasteiger charge is 2.24. The lowest BCUT2D eigenvalue weighted by molar-refractivity contribution is 0.0908. The number of amides is 1. The summed E-state index contributed by atoms with van der Waals surface area (Å²) in [7, 11) is 0. The fourth-order valence-corrected chi connectivity index (χ4v) is 1.84. The molecule has 88 valence electrons. The van der Waals surface area contributed by atoms with Crippen LogP contribution in [0.25, 0.3) is 0 Å². The van der Waals surface area contributed by atoms with Crippen molar-refractivity contribution in [3.63, 3.8) is 0 Å². The predicted octanol–water partition coefficient (Wildman–Crippen LogP) is 0.147. The number of rotatable bonds is 3. The van der Waals surface area contributed by atoms with E-state index in [0.717, 1.165) is 13.0 Å². The van der Waals surface area contributed by atoms with Crippen molar-refractivity contribution in [3.05, 3.63) is 11.8 Å². The van der Waals surface area contributed by atoms with Gasteiger partial charge in [0.2, 0.25) is 0 Å². The highest BCUT2D eigenvalue weighted by atomic mass is 16.5. The lowest BCUT2D eigenvalue weighted by Crippen LogP contribution is -2.32. The maximum absolute atomic E-state index is 11.7. The number of aromatic nitrogens is 2. The van der Waals surface area contributed by atoms with Crippen molar-refractivity contribution < 1.29 is 9.53 Å². The molecular weight excluding hydrogens is 208 g/mol. The zero-order valence-electron chi connectivity index (χ0n) is 9.19. The van der Waals surface area contributed by atoms with Gasteiger partial charge in [-0.25, -0.2) is 0 Å². The van der Waals surface area contributed by atoms with Crippen molar-refractivity contribution in [2.75, 3.05) is 18.9 Å². The Morgan fingerprint density at radius 2 is 2.62 bits per heavy atom. The summed E-state index contributed by atoms with van der Waals surface area (Å²) in [6.45, 7) is 3.41. The van der Waals surface area contributed by atoms with Crippen LogP contribution in [-0.4, -0.2) is 35.4 Å². The second kappa shape index (κ2) is 4.52. The average molecular weight is 224 g/mol. The summed E-state index contributed by atoms with van der Waals surface area (Å²) < 4.78 is 5.42. The highest BCUT2D eigenvalue weighted by molar-refractivity contribution is 5.98. The molecule has 0 bridgehead atoms. The van der Waals surface area contributed by atoms with Gasteiger partial charge in [0, 0.05) is 19.1 Å². The van der Waals surface area contributed by atoms with Gasteiger partial charge >= 0.3 is 0 Å². The summed E-state index contributed by atoms with van der Waals surface area (Å²) in [5.74, 6) is 0.496. The van der Waals surface area contributed by atoms with Crippen LogP contribution in [0.15, 0.2) is 6.20 Å². The molecule has 1 aromatic heterocycles. The molecule has 6 nitrogen and oxygen atoms in total. The molecule has 0 saturated carbocycles. The average Bonchev–Trinajstić information content (AvgIpc) is 2.84. The molecule has 6 heteroatoms. The number of nitrogen functional groups attached to an aromatic ring is 1. The Bertz CT molecular complexity index is 377. The van der Waals surface area contributed by atoms with Gasteiger partial charge in [-0.1, -0.05) is 0 Å². The van der Waals surface area contributed by atoms with Crippen LogP contribution >= 0.6 is 0 Å². The number of nitrogens with zero attached hydrogens (tertiary/aromatic N) is 1. The molecule has 2 rings (SSSR count). The number of hydrogen-bond donors (Lipinski definition) is 3. The summed E-state index contributed by atoms with van der Waals surface area (Å²) in [5, 5.41) is 9.07. The molecule has 0 aromatic carbocycles. The predicted molar refractivity (Wildman–Crippen MR) is 58.9 cm³/mol. The fraction of sp³-hybridized carbons (Fsp3) is 0.600. The van der Waals surface area contributed by atoms with Gasteiger partial charge in [0.15, 0.2) is 0 Å². The van der Waals surface area contributed by atoms with E-state index in [1.807, 2.05) is 6.92 Å². The van der Waals surface area contributed by atoms with E-state index in [2.05, 4.69) is 15.5 Å². The van der Waals surface area contributed by atoms with Gasteiger partial charge in [0.25, 0.3) is 5.91 Å². The van der Waals surface area contributed by atoms with Crippen LogP contribution in [0.5, 0.6) is 0 Å². The first-order valence-corrected chi connectivity index (χ1v) is 5.37. The molecule has 0 spiro atoms. The van der Waals surface area contributed by atoms with Crippen LogP contribution in [0.4, 0.5) is 5.82 Å². The monoisotopic (exact) mass is 224 g/mol. The van der Waals surface area contributed by atoms with Crippen LogP contribution in [0.3, 0.4) is 0 Å². The van der Waals surface area contributed by atoms with Gasteiger partial charge in [-0.05, 0) is 13.3 Å². The molecule has 1 amide bonds. The van der Waals surface area contributed by atoms with Crippen LogP contribution in [0.2, 0.25) is 0 Å². The number of nitrogens with two attached hydrogens (primary N) is 1. The Labute approximate surface area is 93.5 Å². The van der Waals surface area contributed by atoms with Crippen molar-refractivity contribution in [1.29, 1.82) is 0 Å². The van der Waals surface area contributed by atoms with Crippen LogP contribution in [0, 0.1) is 5.92 Å². The van der Waals surface area contributed by atoms with Gasteiger partial charge in [-0.2, -0.15) is 5.10 Å². The molecule has 2 atom stereocenters. The number of carbonyl (C=O) groups excluding carboxylic acids is 1. The Kier molecular flexibility index (Phi) is 3.09. The van der Waals surface area contributed by atoms with E-state index in [9.17, 15) is 4.79 Å². The first-order valence-electron chi connectivity index (χ1n) is 5.37. The third kappa shape index (κ3) is 2.16. The Hall–Kier alpha value is -1.56. The molecule has 1 aliphatic rings. The van der Waals surface area contributed by atoms with Crippen LogP contribution < -0.4 is 11.1 Å². The first kappa shape index (κ1) is 10.9. The van der Waals surface area contributed by atoms with E-state index in [1.54, 1.807) is 0 Å².